The quantitative estimate of drug-likeness (QED) is 0.764. The van der Waals surface area contributed by atoms with E-state index < -0.39 is 0 Å². The van der Waals surface area contributed by atoms with E-state index in [9.17, 15) is 4.79 Å². The molecular weight excluding hydrogens is 334 g/mol. The number of amides is 1. The minimum atomic E-state index is -0.00633. The smallest absolute Gasteiger partial charge is 0.222 e. The van der Waals surface area contributed by atoms with Gasteiger partial charge in [-0.15, -0.1) is 0 Å². The maximum atomic E-state index is 11.9. The van der Waals surface area contributed by atoms with Gasteiger partial charge in [0.25, 0.3) is 0 Å². The Hall–Kier alpha value is -0.910. The molecule has 1 aliphatic rings. The van der Waals surface area contributed by atoms with Crippen LogP contribution < -0.4 is 5.32 Å². The molecule has 116 valence electrons. The van der Waals surface area contributed by atoms with E-state index in [1.807, 2.05) is 31.2 Å². The largest absolute Gasteiger partial charge is 0.378 e. The molecule has 1 aromatic carbocycles. The van der Waals surface area contributed by atoms with Crippen LogP contribution in [0.15, 0.2) is 28.7 Å². The van der Waals surface area contributed by atoms with Gasteiger partial charge in [-0.2, -0.15) is 0 Å². The number of nitrogens with one attached hydrogen (secondary N) is 1. The highest BCUT2D eigenvalue weighted by molar-refractivity contribution is 9.10. The van der Waals surface area contributed by atoms with Gasteiger partial charge in [0.15, 0.2) is 0 Å². The highest BCUT2D eigenvalue weighted by Crippen LogP contribution is 2.18. The SMILES string of the molecule is C[C@@H](NC(=O)CCOC[C@@H]1CCCO1)c1cccc(Br)c1. The molecule has 21 heavy (non-hydrogen) atoms. The normalized spacial score (nSPS) is 19.4. The summed E-state index contributed by atoms with van der Waals surface area (Å²) in [7, 11) is 0. The number of halogens is 1. The molecule has 0 aliphatic carbocycles. The van der Waals surface area contributed by atoms with Crippen LogP contribution in [0, 0.1) is 0 Å². The first-order valence-corrected chi connectivity index (χ1v) is 8.18. The van der Waals surface area contributed by atoms with Crippen molar-refractivity contribution in [2.45, 2.75) is 38.3 Å². The summed E-state index contributed by atoms with van der Waals surface area (Å²) >= 11 is 3.44. The molecule has 1 heterocycles. The molecule has 1 aromatic rings. The van der Waals surface area contributed by atoms with Gasteiger partial charge in [-0.1, -0.05) is 28.1 Å². The van der Waals surface area contributed by atoms with Crippen molar-refractivity contribution in [1.82, 2.24) is 5.32 Å². The Morgan fingerprint density at radius 2 is 2.43 bits per heavy atom. The third kappa shape index (κ3) is 5.77. The van der Waals surface area contributed by atoms with Gasteiger partial charge in [-0.3, -0.25) is 4.79 Å². The summed E-state index contributed by atoms with van der Waals surface area (Å²) in [6.07, 6.45) is 2.77. The Kier molecular flexibility index (Phi) is 6.67. The summed E-state index contributed by atoms with van der Waals surface area (Å²) in [5, 5.41) is 2.98. The van der Waals surface area contributed by atoms with E-state index in [4.69, 9.17) is 9.47 Å². The molecule has 0 saturated carbocycles. The van der Waals surface area contributed by atoms with Crippen molar-refractivity contribution in [3.05, 3.63) is 34.3 Å². The minimum Gasteiger partial charge on any atom is -0.378 e. The number of benzene rings is 1. The van der Waals surface area contributed by atoms with Crippen molar-refractivity contribution in [1.29, 1.82) is 0 Å². The fourth-order valence-electron chi connectivity index (χ4n) is 2.33. The second-order valence-electron chi connectivity index (χ2n) is 5.30. The van der Waals surface area contributed by atoms with Gasteiger partial charge in [0.2, 0.25) is 5.91 Å². The molecule has 1 saturated heterocycles. The van der Waals surface area contributed by atoms with Gasteiger partial charge in [0, 0.05) is 17.5 Å². The zero-order valence-electron chi connectivity index (χ0n) is 12.3. The van der Waals surface area contributed by atoms with Crippen LogP contribution in [-0.4, -0.2) is 31.8 Å². The molecule has 1 fully saturated rings. The number of rotatable bonds is 7. The molecule has 4 nitrogen and oxygen atoms in total. The molecule has 1 N–H and O–H groups in total. The molecule has 0 aromatic heterocycles. The molecule has 0 unspecified atom stereocenters. The lowest BCUT2D eigenvalue weighted by Crippen LogP contribution is -2.28. The molecule has 1 aliphatic heterocycles. The topological polar surface area (TPSA) is 47.6 Å². The summed E-state index contributed by atoms with van der Waals surface area (Å²) in [4.78, 5) is 11.9. The fraction of sp³-hybridized carbons (Fsp3) is 0.562. The van der Waals surface area contributed by atoms with E-state index in [1.165, 1.54) is 0 Å². The van der Waals surface area contributed by atoms with Gasteiger partial charge in [0.05, 0.1) is 25.4 Å². The van der Waals surface area contributed by atoms with Crippen LogP contribution >= 0.6 is 15.9 Å². The zero-order chi connectivity index (χ0) is 15.1. The predicted molar refractivity (Wildman–Crippen MR) is 85.1 cm³/mol. The van der Waals surface area contributed by atoms with Crippen molar-refractivity contribution in [3.8, 4) is 0 Å². The van der Waals surface area contributed by atoms with Crippen molar-refractivity contribution < 1.29 is 14.3 Å². The van der Waals surface area contributed by atoms with Crippen LogP contribution in [0.3, 0.4) is 0 Å². The minimum absolute atomic E-state index is 0.00633. The number of hydrogen-bond acceptors (Lipinski definition) is 3. The summed E-state index contributed by atoms with van der Waals surface area (Å²) in [6.45, 7) is 3.84. The Morgan fingerprint density at radius 1 is 1.57 bits per heavy atom. The second kappa shape index (κ2) is 8.51. The summed E-state index contributed by atoms with van der Waals surface area (Å²) in [5.74, 6) is 0.00909. The first-order chi connectivity index (χ1) is 10.1. The van der Waals surface area contributed by atoms with E-state index in [-0.39, 0.29) is 18.1 Å². The number of carbonyl (C=O) groups excluding carboxylic acids is 1. The third-order valence-electron chi connectivity index (χ3n) is 3.53. The summed E-state index contributed by atoms with van der Waals surface area (Å²) in [5.41, 5.74) is 1.08. The molecule has 2 rings (SSSR count). The van der Waals surface area contributed by atoms with Crippen LogP contribution in [0.4, 0.5) is 0 Å². The van der Waals surface area contributed by atoms with Gasteiger partial charge in [-0.25, -0.2) is 0 Å². The number of carbonyl (C=O) groups is 1. The van der Waals surface area contributed by atoms with Crippen LogP contribution in [0.2, 0.25) is 0 Å². The highest BCUT2D eigenvalue weighted by Gasteiger charge is 2.15. The van der Waals surface area contributed by atoms with Crippen LogP contribution in [0.5, 0.6) is 0 Å². The second-order valence-corrected chi connectivity index (χ2v) is 6.22. The molecule has 1 amide bonds. The molecule has 0 bridgehead atoms. The van der Waals surface area contributed by atoms with E-state index in [1.54, 1.807) is 0 Å². The zero-order valence-corrected chi connectivity index (χ0v) is 13.9. The van der Waals surface area contributed by atoms with Crippen LogP contribution in [0.25, 0.3) is 0 Å². The fourth-order valence-corrected chi connectivity index (χ4v) is 2.75. The van der Waals surface area contributed by atoms with Gasteiger partial charge in [-0.05, 0) is 37.5 Å². The average molecular weight is 356 g/mol. The van der Waals surface area contributed by atoms with Crippen molar-refractivity contribution in [2.75, 3.05) is 19.8 Å². The molecule has 2 atom stereocenters. The molecule has 0 radical (unpaired) electrons. The van der Waals surface area contributed by atoms with E-state index >= 15 is 0 Å². The first kappa shape index (κ1) is 16.5. The Labute approximate surface area is 134 Å². The van der Waals surface area contributed by atoms with Crippen LogP contribution in [0.1, 0.15) is 37.8 Å². The first-order valence-electron chi connectivity index (χ1n) is 7.39. The maximum absolute atomic E-state index is 11.9. The average Bonchev–Trinajstić information content (AvgIpc) is 2.97. The molecular formula is C16H22BrNO3. The van der Waals surface area contributed by atoms with E-state index in [0.29, 0.717) is 19.6 Å². The summed E-state index contributed by atoms with van der Waals surface area (Å²) < 4.78 is 12.0. The van der Waals surface area contributed by atoms with Gasteiger partial charge < -0.3 is 14.8 Å². The lowest BCUT2D eigenvalue weighted by molar-refractivity contribution is -0.123. The third-order valence-corrected chi connectivity index (χ3v) is 4.02. The standard InChI is InChI=1S/C16H22BrNO3/c1-12(13-4-2-5-14(17)10-13)18-16(19)7-9-20-11-15-6-3-8-21-15/h2,4-5,10,12,15H,3,6-9,11H2,1H3,(H,18,19)/t12-,15+/m1/s1. The van der Waals surface area contributed by atoms with Gasteiger partial charge in [0.1, 0.15) is 0 Å². The van der Waals surface area contributed by atoms with E-state index in [0.717, 1.165) is 29.5 Å². The van der Waals surface area contributed by atoms with Gasteiger partial charge >= 0.3 is 0 Å². The lowest BCUT2D eigenvalue weighted by atomic mass is 10.1. The van der Waals surface area contributed by atoms with Crippen molar-refractivity contribution in [2.24, 2.45) is 0 Å². The Bertz CT molecular complexity index is 461. The maximum Gasteiger partial charge on any atom is 0.222 e. The number of ether oxygens (including phenoxy) is 2. The molecule has 0 spiro atoms. The van der Waals surface area contributed by atoms with Crippen molar-refractivity contribution >= 4 is 21.8 Å². The monoisotopic (exact) mass is 355 g/mol. The summed E-state index contributed by atoms with van der Waals surface area (Å²) in [6, 6.07) is 7.94. The highest BCUT2D eigenvalue weighted by atomic mass is 79.9. The van der Waals surface area contributed by atoms with Crippen molar-refractivity contribution in [3.63, 3.8) is 0 Å². The number of hydrogen-bond donors (Lipinski definition) is 1. The Morgan fingerprint density at radius 3 is 3.14 bits per heavy atom. The Balaban J connectivity index is 1.64. The molecule has 5 heteroatoms. The van der Waals surface area contributed by atoms with Crippen LogP contribution in [-0.2, 0) is 14.3 Å². The lowest BCUT2D eigenvalue weighted by Gasteiger charge is -2.15. The van der Waals surface area contributed by atoms with E-state index in [2.05, 4.69) is 21.2 Å². The predicted octanol–water partition coefficient (Wildman–Crippen LogP) is 3.21.